The van der Waals surface area contributed by atoms with Gasteiger partial charge in [0.25, 0.3) is 5.91 Å². The Morgan fingerprint density at radius 2 is 1.75 bits per heavy atom. The number of nitrogens with zero attached hydrogens (tertiary/aromatic N) is 1. The normalized spacial score (nSPS) is 14.5. The Balaban J connectivity index is 1.59. The number of benzene rings is 2. The molecule has 2 aromatic carbocycles. The van der Waals surface area contributed by atoms with Crippen LogP contribution in [0.5, 0.6) is 0 Å². The fourth-order valence-electron chi connectivity index (χ4n) is 3.03. The molecule has 1 N–H and O–H groups in total. The molecule has 0 aliphatic carbocycles. The molecule has 0 saturated carbocycles. The predicted octanol–water partition coefficient (Wildman–Crippen LogP) is 4.88. The number of likely N-dealkylation sites (N-methyl/N-ethyl adjacent to an activating group) is 1. The molecule has 4 nitrogen and oxygen atoms in total. The molecule has 1 aliphatic rings. The zero-order valence-corrected chi connectivity index (χ0v) is 18.2. The highest BCUT2D eigenvalue weighted by atomic mass is 32.2. The van der Waals surface area contributed by atoms with E-state index in [2.05, 4.69) is 5.32 Å². The van der Waals surface area contributed by atoms with E-state index < -0.39 is 0 Å². The zero-order valence-electron chi connectivity index (χ0n) is 16.5. The molecule has 0 unspecified atom stereocenters. The number of thioether (sulfide) groups is 2. The lowest BCUT2D eigenvalue weighted by Crippen LogP contribution is -2.35. The van der Waals surface area contributed by atoms with Crippen LogP contribution in [0.2, 0.25) is 0 Å². The third-order valence-corrected chi connectivity index (χ3v) is 7.67. The molecule has 2 aromatic rings. The quantitative estimate of drug-likeness (QED) is 0.757. The van der Waals surface area contributed by atoms with Crippen LogP contribution in [0, 0.1) is 13.8 Å². The fraction of sp³-hybridized carbons (Fsp3) is 0.364. The van der Waals surface area contributed by atoms with Gasteiger partial charge in [0, 0.05) is 18.3 Å². The molecule has 0 atom stereocenters. The van der Waals surface area contributed by atoms with Crippen LogP contribution >= 0.6 is 23.5 Å². The van der Waals surface area contributed by atoms with Crippen LogP contribution < -0.4 is 5.32 Å². The molecule has 0 radical (unpaired) electrons. The molecule has 3 rings (SSSR count). The van der Waals surface area contributed by atoms with Gasteiger partial charge >= 0.3 is 0 Å². The van der Waals surface area contributed by atoms with E-state index in [9.17, 15) is 9.59 Å². The second-order valence-corrected chi connectivity index (χ2v) is 9.80. The van der Waals surface area contributed by atoms with E-state index >= 15 is 0 Å². The summed E-state index contributed by atoms with van der Waals surface area (Å²) in [6.45, 7) is 3.95. The molecule has 1 saturated heterocycles. The van der Waals surface area contributed by atoms with E-state index in [0.717, 1.165) is 16.8 Å². The second-order valence-electron chi connectivity index (χ2n) is 7.08. The summed E-state index contributed by atoms with van der Waals surface area (Å²) >= 11 is 3.93. The first-order valence-corrected chi connectivity index (χ1v) is 11.5. The van der Waals surface area contributed by atoms with Gasteiger partial charge in [0.2, 0.25) is 5.91 Å². The van der Waals surface area contributed by atoms with Crippen LogP contribution in [0.25, 0.3) is 0 Å². The van der Waals surface area contributed by atoms with Crippen molar-refractivity contribution in [3.05, 3.63) is 64.7 Å². The molecular formula is C22H26N2O2S2. The van der Waals surface area contributed by atoms with Gasteiger partial charge in [-0.2, -0.15) is 0 Å². The molecule has 0 spiro atoms. The minimum Gasteiger partial charge on any atom is -0.332 e. The number of amides is 2. The van der Waals surface area contributed by atoms with Crippen molar-refractivity contribution in [2.24, 2.45) is 0 Å². The number of hydrogen-bond acceptors (Lipinski definition) is 4. The van der Waals surface area contributed by atoms with Gasteiger partial charge in [0.15, 0.2) is 0 Å². The minimum absolute atomic E-state index is 0.0162. The van der Waals surface area contributed by atoms with Crippen molar-refractivity contribution in [3.8, 4) is 0 Å². The van der Waals surface area contributed by atoms with Crippen LogP contribution in [-0.4, -0.2) is 41.8 Å². The molecule has 148 valence electrons. The Morgan fingerprint density at radius 1 is 1.07 bits per heavy atom. The summed E-state index contributed by atoms with van der Waals surface area (Å²) in [4.78, 5) is 26.5. The first-order chi connectivity index (χ1) is 13.4. The largest absolute Gasteiger partial charge is 0.332 e. The lowest BCUT2D eigenvalue weighted by molar-refractivity contribution is -0.116. The molecule has 1 heterocycles. The van der Waals surface area contributed by atoms with Crippen molar-refractivity contribution in [3.63, 3.8) is 0 Å². The molecule has 6 heteroatoms. The Kier molecular flexibility index (Phi) is 7.08. The van der Waals surface area contributed by atoms with Crippen molar-refractivity contribution >= 4 is 41.0 Å². The standard InChI is InChI=1S/C22H26N2O2S2/c1-15-5-6-16(2)19(13-15)23-20(25)14-24(3)21(26)17-7-9-18(10-8-17)22-27-11-4-12-28-22/h5-10,13,22H,4,11-12,14H2,1-3H3,(H,23,25). The van der Waals surface area contributed by atoms with E-state index in [-0.39, 0.29) is 18.4 Å². The van der Waals surface area contributed by atoms with Gasteiger partial charge < -0.3 is 10.2 Å². The van der Waals surface area contributed by atoms with Crippen molar-refractivity contribution in [1.82, 2.24) is 4.90 Å². The van der Waals surface area contributed by atoms with Gasteiger partial charge in [0.05, 0.1) is 11.1 Å². The van der Waals surface area contributed by atoms with Crippen LogP contribution in [0.3, 0.4) is 0 Å². The predicted molar refractivity (Wildman–Crippen MR) is 120 cm³/mol. The number of rotatable bonds is 5. The smallest absolute Gasteiger partial charge is 0.254 e. The topological polar surface area (TPSA) is 49.4 Å². The van der Waals surface area contributed by atoms with Crippen molar-refractivity contribution in [2.45, 2.75) is 24.9 Å². The summed E-state index contributed by atoms with van der Waals surface area (Å²) in [6, 6.07) is 13.7. The van der Waals surface area contributed by atoms with Gasteiger partial charge in [-0.15, -0.1) is 23.5 Å². The Labute approximate surface area is 175 Å². The first-order valence-electron chi connectivity index (χ1n) is 9.40. The van der Waals surface area contributed by atoms with Crippen LogP contribution in [-0.2, 0) is 4.79 Å². The van der Waals surface area contributed by atoms with E-state index in [4.69, 9.17) is 0 Å². The SMILES string of the molecule is Cc1ccc(C)c(NC(=O)CN(C)C(=O)c2ccc(C3SCCCS3)cc2)c1. The van der Waals surface area contributed by atoms with Gasteiger partial charge in [-0.3, -0.25) is 9.59 Å². The Bertz CT molecular complexity index is 846. The molecule has 0 aromatic heterocycles. The summed E-state index contributed by atoms with van der Waals surface area (Å²) in [5.41, 5.74) is 4.73. The Morgan fingerprint density at radius 3 is 2.43 bits per heavy atom. The van der Waals surface area contributed by atoms with Gasteiger partial charge in [-0.1, -0.05) is 24.3 Å². The molecule has 2 amide bonds. The maximum atomic E-state index is 12.7. The highest BCUT2D eigenvalue weighted by Gasteiger charge is 2.19. The number of anilines is 1. The lowest BCUT2D eigenvalue weighted by atomic mass is 10.1. The van der Waals surface area contributed by atoms with Crippen LogP contribution in [0.4, 0.5) is 5.69 Å². The molecule has 1 aliphatic heterocycles. The average molecular weight is 415 g/mol. The maximum Gasteiger partial charge on any atom is 0.254 e. The van der Waals surface area contributed by atoms with Crippen LogP contribution in [0.1, 0.15) is 38.1 Å². The van der Waals surface area contributed by atoms with E-state index in [1.54, 1.807) is 7.05 Å². The summed E-state index contributed by atoms with van der Waals surface area (Å²) in [5, 5.41) is 2.90. The number of nitrogens with one attached hydrogen (secondary N) is 1. The summed E-state index contributed by atoms with van der Waals surface area (Å²) < 4.78 is 0.457. The van der Waals surface area contributed by atoms with Crippen molar-refractivity contribution < 1.29 is 9.59 Å². The average Bonchev–Trinajstić information content (AvgIpc) is 2.71. The zero-order chi connectivity index (χ0) is 20.1. The summed E-state index contributed by atoms with van der Waals surface area (Å²) in [7, 11) is 1.66. The van der Waals surface area contributed by atoms with E-state index in [0.29, 0.717) is 10.1 Å². The van der Waals surface area contributed by atoms with Gasteiger partial charge in [0.1, 0.15) is 0 Å². The number of carbonyl (C=O) groups excluding carboxylic acids is 2. The summed E-state index contributed by atoms with van der Waals surface area (Å²) in [5.74, 6) is 2.04. The first kappa shape index (κ1) is 20.8. The van der Waals surface area contributed by atoms with Crippen LogP contribution in [0.15, 0.2) is 42.5 Å². The molecule has 1 fully saturated rings. The highest BCUT2D eigenvalue weighted by molar-refractivity contribution is 8.16. The maximum absolute atomic E-state index is 12.7. The number of aryl methyl sites for hydroxylation is 2. The number of hydrogen-bond donors (Lipinski definition) is 1. The minimum atomic E-state index is -0.198. The monoisotopic (exact) mass is 414 g/mol. The third-order valence-electron chi connectivity index (χ3n) is 4.65. The summed E-state index contributed by atoms with van der Waals surface area (Å²) in [6.07, 6.45) is 1.26. The van der Waals surface area contributed by atoms with Gasteiger partial charge in [-0.05, 0) is 66.7 Å². The van der Waals surface area contributed by atoms with E-state index in [1.165, 1.54) is 28.4 Å². The fourth-order valence-corrected chi connectivity index (χ4v) is 5.93. The van der Waals surface area contributed by atoms with Crippen molar-refractivity contribution in [2.75, 3.05) is 30.4 Å². The van der Waals surface area contributed by atoms with Crippen molar-refractivity contribution in [1.29, 1.82) is 0 Å². The molecular weight excluding hydrogens is 388 g/mol. The lowest BCUT2D eigenvalue weighted by Gasteiger charge is -2.22. The Hall–Kier alpha value is -1.92. The van der Waals surface area contributed by atoms with E-state index in [1.807, 2.05) is 79.8 Å². The second kappa shape index (κ2) is 9.52. The highest BCUT2D eigenvalue weighted by Crippen LogP contribution is 2.43. The molecule has 0 bridgehead atoms. The molecule has 28 heavy (non-hydrogen) atoms. The number of carbonyl (C=O) groups is 2. The van der Waals surface area contributed by atoms with Gasteiger partial charge in [-0.25, -0.2) is 0 Å². The third kappa shape index (κ3) is 5.32.